The first-order valence-corrected chi connectivity index (χ1v) is 9.42. The number of hydrogen-bond acceptors (Lipinski definition) is 4. The average molecular weight is 317 g/mol. The van der Waals surface area contributed by atoms with Gasteiger partial charge in [-0.1, -0.05) is 19.3 Å². The number of carbonyl (C=O) groups is 2. The van der Waals surface area contributed by atoms with Crippen LogP contribution in [0.2, 0.25) is 0 Å². The van der Waals surface area contributed by atoms with Gasteiger partial charge in [0.15, 0.2) is 9.84 Å². The van der Waals surface area contributed by atoms with Gasteiger partial charge in [0, 0.05) is 12.5 Å². The number of amides is 1. The summed E-state index contributed by atoms with van der Waals surface area (Å²) >= 11 is 0. The summed E-state index contributed by atoms with van der Waals surface area (Å²) in [6.45, 7) is 0. The molecule has 21 heavy (non-hydrogen) atoms. The molecule has 3 unspecified atom stereocenters. The van der Waals surface area contributed by atoms with Gasteiger partial charge in [0.05, 0.1) is 17.4 Å². The van der Waals surface area contributed by atoms with Crippen LogP contribution in [-0.2, 0) is 19.4 Å². The molecule has 6 nitrogen and oxygen atoms in total. The topological polar surface area (TPSA) is 101 Å². The maximum absolute atomic E-state index is 12.1. The summed E-state index contributed by atoms with van der Waals surface area (Å²) in [5.74, 6) is -1.48. The molecule has 2 aliphatic rings. The van der Waals surface area contributed by atoms with Crippen LogP contribution in [0.3, 0.4) is 0 Å². The van der Waals surface area contributed by atoms with Crippen molar-refractivity contribution in [2.24, 2.45) is 11.8 Å². The molecule has 1 amide bonds. The number of carboxylic acid groups (broad SMARTS) is 1. The molecule has 1 heterocycles. The third-order valence-electron chi connectivity index (χ3n) is 4.48. The zero-order valence-corrected chi connectivity index (χ0v) is 12.9. The highest BCUT2D eigenvalue weighted by Crippen LogP contribution is 2.25. The van der Waals surface area contributed by atoms with E-state index in [0.717, 1.165) is 19.3 Å². The summed E-state index contributed by atoms with van der Waals surface area (Å²) in [6, 6.07) is -0.324. The van der Waals surface area contributed by atoms with Crippen LogP contribution in [0.25, 0.3) is 0 Å². The summed E-state index contributed by atoms with van der Waals surface area (Å²) in [5, 5.41) is 12.1. The van der Waals surface area contributed by atoms with Crippen molar-refractivity contribution in [2.75, 3.05) is 11.5 Å². The van der Waals surface area contributed by atoms with Gasteiger partial charge < -0.3 is 10.4 Å². The summed E-state index contributed by atoms with van der Waals surface area (Å²) in [5.41, 5.74) is 0. The van der Waals surface area contributed by atoms with Crippen molar-refractivity contribution < 1.29 is 23.1 Å². The molecule has 2 rings (SSSR count). The molecular weight excluding hydrogens is 294 g/mol. The van der Waals surface area contributed by atoms with Gasteiger partial charge in [-0.05, 0) is 25.2 Å². The Morgan fingerprint density at radius 3 is 2.43 bits per heavy atom. The second-order valence-corrected chi connectivity index (χ2v) is 8.46. The molecule has 1 saturated heterocycles. The zero-order chi connectivity index (χ0) is 15.5. The standard InChI is InChI=1S/C14H23NO5S/c16-13(8-10-6-7-21(19,20)9-10)15-12-5-3-1-2-4-11(12)14(17)18/h10-12H,1-9H2,(H,15,16)(H,17,18). The molecule has 0 spiro atoms. The largest absolute Gasteiger partial charge is 0.481 e. The number of carboxylic acids is 1. The first-order valence-electron chi connectivity index (χ1n) is 7.60. The van der Waals surface area contributed by atoms with E-state index in [9.17, 15) is 23.1 Å². The van der Waals surface area contributed by atoms with Gasteiger partial charge in [-0.15, -0.1) is 0 Å². The van der Waals surface area contributed by atoms with Crippen molar-refractivity contribution in [1.82, 2.24) is 5.32 Å². The van der Waals surface area contributed by atoms with Crippen LogP contribution in [0, 0.1) is 11.8 Å². The SMILES string of the molecule is O=C(CC1CCS(=O)(=O)C1)NC1CCCCCC1C(=O)O. The van der Waals surface area contributed by atoms with Gasteiger partial charge in [-0.25, -0.2) is 8.42 Å². The quantitative estimate of drug-likeness (QED) is 0.752. The number of hydrogen-bond donors (Lipinski definition) is 2. The number of rotatable bonds is 4. The molecule has 0 bridgehead atoms. The minimum atomic E-state index is -2.98. The van der Waals surface area contributed by atoms with E-state index >= 15 is 0 Å². The number of sulfone groups is 1. The maximum atomic E-state index is 12.1. The third-order valence-corrected chi connectivity index (χ3v) is 6.32. The van der Waals surface area contributed by atoms with Crippen molar-refractivity contribution in [3.05, 3.63) is 0 Å². The number of carbonyl (C=O) groups excluding carboxylic acids is 1. The lowest BCUT2D eigenvalue weighted by atomic mass is 9.94. The first-order chi connectivity index (χ1) is 9.87. The Morgan fingerprint density at radius 1 is 1.10 bits per heavy atom. The molecule has 1 saturated carbocycles. The van der Waals surface area contributed by atoms with Gasteiger partial charge in [-0.2, -0.15) is 0 Å². The highest BCUT2D eigenvalue weighted by molar-refractivity contribution is 7.91. The van der Waals surface area contributed by atoms with Crippen LogP contribution in [0.1, 0.15) is 44.9 Å². The lowest BCUT2D eigenvalue weighted by Gasteiger charge is -2.23. The van der Waals surface area contributed by atoms with E-state index in [1.54, 1.807) is 0 Å². The van der Waals surface area contributed by atoms with E-state index in [2.05, 4.69) is 5.32 Å². The third kappa shape index (κ3) is 4.69. The molecular formula is C14H23NO5S. The van der Waals surface area contributed by atoms with Gasteiger partial charge in [0.25, 0.3) is 0 Å². The molecule has 2 fully saturated rings. The predicted molar refractivity (Wildman–Crippen MR) is 77.5 cm³/mol. The Balaban J connectivity index is 1.89. The summed E-state index contributed by atoms with van der Waals surface area (Å²) < 4.78 is 22.8. The van der Waals surface area contributed by atoms with Crippen molar-refractivity contribution in [3.8, 4) is 0 Å². The Bertz CT molecular complexity index is 501. The molecule has 3 atom stereocenters. The maximum Gasteiger partial charge on any atom is 0.308 e. The predicted octanol–water partition coefficient (Wildman–Crippen LogP) is 0.961. The van der Waals surface area contributed by atoms with Crippen molar-refractivity contribution in [2.45, 2.75) is 51.0 Å². The second-order valence-electron chi connectivity index (χ2n) is 6.23. The highest BCUT2D eigenvalue weighted by atomic mass is 32.2. The number of aliphatic carboxylic acids is 1. The fraction of sp³-hybridized carbons (Fsp3) is 0.857. The van der Waals surface area contributed by atoms with E-state index in [4.69, 9.17) is 0 Å². The van der Waals surface area contributed by atoms with Crippen molar-refractivity contribution >= 4 is 21.7 Å². The molecule has 0 aromatic rings. The van der Waals surface area contributed by atoms with Gasteiger partial charge in [-0.3, -0.25) is 9.59 Å². The fourth-order valence-electron chi connectivity index (χ4n) is 3.34. The number of nitrogens with one attached hydrogen (secondary N) is 1. The van der Waals surface area contributed by atoms with Crippen LogP contribution in [0.5, 0.6) is 0 Å². The highest BCUT2D eigenvalue weighted by Gasteiger charge is 2.33. The average Bonchev–Trinajstić information content (AvgIpc) is 2.60. The van der Waals surface area contributed by atoms with E-state index in [1.165, 1.54) is 0 Å². The monoisotopic (exact) mass is 317 g/mol. The Kier molecular flexibility index (Phi) is 5.24. The van der Waals surface area contributed by atoms with Crippen LogP contribution in [-0.4, -0.2) is 42.9 Å². The first kappa shape index (κ1) is 16.3. The molecule has 120 valence electrons. The molecule has 0 aromatic carbocycles. The van der Waals surface area contributed by atoms with E-state index in [1.807, 2.05) is 0 Å². The normalized spacial score (nSPS) is 32.3. The van der Waals surface area contributed by atoms with E-state index in [-0.39, 0.29) is 35.8 Å². The van der Waals surface area contributed by atoms with Gasteiger partial charge >= 0.3 is 5.97 Å². The lowest BCUT2D eigenvalue weighted by Crippen LogP contribution is -2.43. The zero-order valence-electron chi connectivity index (χ0n) is 12.1. The molecule has 7 heteroatoms. The fourth-order valence-corrected chi connectivity index (χ4v) is 5.20. The van der Waals surface area contributed by atoms with Crippen LogP contribution >= 0.6 is 0 Å². The summed E-state index contributed by atoms with van der Waals surface area (Å²) in [4.78, 5) is 23.4. The van der Waals surface area contributed by atoms with Crippen LogP contribution in [0.15, 0.2) is 0 Å². The molecule has 1 aliphatic carbocycles. The lowest BCUT2D eigenvalue weighted by molar-refractivity contribution is -0.143. The van der Waals surface area contributed by atoms with E-state index in [0.29, 0.717) is 19.3 Å². The molecule has 1 aliphatic heterocycles. The van der Waals surface area contributed by atoms with Crippen molar-refractivity contribution in [3.63, 3.8) is 0 Å². The van der Waals surface area contributed by atoms with Gasteiger partial charge in [0.1, 0.15) is 0 Å². The molecule has 0 aromatic heterocycles. The minimum Gasteiger partial charge on any atom is -0.481 e. The smallest absolute Gasteiger partial charge is 0.308 e. The molecule has 2 N–H and O–H groups in total. The minimum absolute atomic E-state index is 0.0768. The van der Waals surface area contributed by atoms with Gasteiger partial charge in [0.2, 0.25) is 5.91 Å². The van der Waals surface area contributed by atoms with Crippen molar-refractivity contribution in [1.29, 1.82) is 0 Å². The second kappa shape index (κ2) is 6.77. The van der Waals surface area contributed by atoms with E-state index < -0.39 is 21.7 Å². The Morgan fingerprint density at radius 2 is 1.81 bits per heavy atom. The Hall–Kier alpha value is -1.11. The van der Waals surface area contributed by atoms with Crippen LogP contribution in [0.4, 0.5) is 0 Å². The van der Waals surface area contributed by atoms with Crippen LogP contribution < -0.4 is 5.32 Å². The molecule has 0 radical (unpaired) electrons. The summed E-state index contributed by atoms with van der Waals surface area (Å²) in [6.07, 6.45) is 4.79. The Labute approximate surface area is 125 Å². The summed E-state index contributed by atoms with van der Waals surface area (Å²) in [7, 11) is -2.98.